The molecule has 1 aliphatic heterocycles. The summed E-state index contributed by atoms with van der Waals surface area (Å²) in [4.78, 5) is 14.0. The van der Waals surface area contributed by atoms with Crippen LogP contribution in [0.15, 0.2) is 0 Å². The molecule has 1 heterocycles. The largest absolute Gasteiger partial charge is 0.335 e. The molecule has 1 saturated heterocycles. The molecule has 20 heavy (non-hydrogen) atoms. The van der Waals surface area contributed by atoms with Crippen LogP contribution in [0, 0.1) is 5.92 Å². The Kier molecular flexibility index (Phi) is 5.26. The molecule has 0 aromatic heterocycles. The highest BCUT2D eigenvalue weighted by atomic mass is 32.2. The lowest BCUT2D eigenvalue weighted by molar-refractivity contribution is 0.163. The van der Waals surface area contributed by atoms with Crippen molar-refractivity contribution in [3.63, 3.8) is 0 Å². The molecule has 0 radical (unpaired) electrons. The first-order valence-electron chi connectivity index (χ1n) is 7.44. The number of carbonyl (C=O) groups is 1. The van der Waals surface area contributed by atoms with Gasteiger partial charge in [-0.3, -0.25) is 0 Å². The van der Waals surface area contributed by atoms with Gasteiger partial charge in [-0.25, -0.2) is 17.9 Å². The van der Waals surface area contributed by atoms with Crippen LogP contribution >= 0.6 is 0 Å². The molecule has 1 aliphatic carbocycles. The van der Waals surface area contributed by atoms with Crippen LogP contribution in [0.1, 0.15) is 38.5 Å². The number of nitrogens with one attached hydrogen (secondary N) is 2. The standard InChI is InChI=1S/C13H25N3O3S/c1-20(18,19)14-9-11-5-4-8-16(10-11)13(17)15-12-6-2-3-7-12/h11-12,14H,2-10H2,1H3,(H,15,17). The Bertz CT molecular complexity index is 432. The van der Waals surface area contributed by atoms with Gasteiger partial charge in [0.25, 0.3) is 0 Å². The maximum Gasteiger partial charge on any atom is 0.317 e. The van der Waals surface area contributed by atoms with Crippen LogP contribution in [0.25, 0.3) is 0 Å². The number of piperidine rings is 1. The van der Waals surface area contributed by atoms with E-state index in [-0.39, 0.29) is 11.9 Å². The highest BCUT2D eigenvalue weighted by Gasteiger charge is 2.26. The zero-order chi connectivity index (χ0) is 14.6. The molecule has 2 N–H and O–H groups in total. The average molecular weight is 303 g/mol. The Balaban J connectivity index is 1.78. The number of sulfonamides is 1. The van der Waals surface area contributed by atoms with Gasteiger partial charge in [-0.15, -0.1) is 0 Å². The Morgan fingerprint density at radius 1 is 1.20 bits per heavy atom. The van der Waals surface area contributed by atoms with Crippen molar-refractivity contribution < 1.29 is 13.2 Å². The topological polar surface area (TPSA) is 78.5 Å². The predicted octanol–water partition coefficient (Wildman–Crippen LogP) is 0.900. The third kappa shape index (κ3) is 4.94. The highest BCUT2D eigenvalue weighted by Crippen LogP contribution is 2.20. The molecule has 0 aromatic rings. The smallest absolute Gasteiger partial charge is 0.317 e. The fourth-order valence-electron chi connectivity index (χ4n) is 3.02. The van der Waals surface area contributed by atoms with E-state index in [0.717, 1.165) is 32.2 Å². The van der Waals surface area contributed by atoms with Gasteiger partial charge in [0.05, 0.1) is 6.26 Å². The average Bonchev–Trinajstić information content (AvgIpc) is 2.89. The van der Waals surface area contributed by atoms with E-state index in [9.17, 15) is 13.2 Å². The van der Waals surface area contributed by atoms with Crippen LogP contribution in [0.3, 0.4) is 0 Å². The van der Waals surface area contributed by atoms with Crippen molar-refractivity contribution in [2.24, 2.45) is 5.92 Å². The number of amides is 2. The van der Waals surface area contributed by atoms with Gasteiger partial charge in [-0.05, 0) is 31.6 Å². The zero-order valence-electron chi connectivity index (χ0n) is 12.1. The minimum absolute atomic E-state index is 0.0148. The van der Waals surface area contributed by atoms with Crippen molar-refractivity contribution in [1.82, 2.24) is 14.9 Å². The van der Waals surface area contributed by atoms with E-state index in [1.807, 2.05) is 4.90 Å². The van der Waals surface area contributed by atoms with Crippen LogP contribution in [-0.2, 0) is 10.0 Å². The Morgan fingerprint density at radius 3 is 2.55 bits per heavy atom. The second-order valence-electron chi connectivity index (χ2n) is 6.01. The lowest BCUT2D eigenvalue weighted by Crippen LogP contribution is -2.49. The highest BCUT2D eigenvalue weighted by molar-refractivity contribution is 7.88. The Morgan fingerprint density at radius 2 is 1.90 bits per heavy atom. The maximum atomic E-state index is 12.2. The fourth-order valence-corrected chi connectivity index (χ4v) is 3.56. The summed E-state index contributed by atoms with van der Waals surface area (Å²) in [7, 11) is -3.15. The summed E-state index contributed by atoms with van der Waals surface area (Å²) in [6.45, 7) is 1.83. The minimum Gasteiger partial charge on any atom is -0.335 e. The summed E-state index contributed by atoms with van der Waals surface area (Å²) in [6.07, 6.45) is 7.64. The number of urea groups is 1. The number of hydrogen-bond donors (Lipinski definition) is 2. The van der Waals surface area contributed by atoms with E-state index in [1.54, 1.807) is 0 Å². The van der Waals surface area contributed by atoms with Crippen LogP contribution in [0.5, 0.6) is 0 Å². The van der Waals surface area contributed by atoms with Crippen molar-refractivity contribution in [3.8, 4) is 0 Å². The number of nitrogens with zero attached hydrogens (tertiary/aromatic N) is 1. The summed E-state index contributed by atoms with van der Waals surface area (Å²) < 4.78 is 24.8. The molecular weight excluding hydrogens is 278 g/mol. The van der Waals surface area contributed by atoms with Crippen molar-refractivity contribution in [1.29, 1.82) is 0 Å². The molecule has 2 aliphatic rings. The number of carbonyl (C=O) groups excluding carboxylic acids is 1. The third-order valence-electron chi connectivity index (χ3n) is 4.12. The Hall–Kier alpha value is -0.820. The van der Waals surface area contributed by atoms with Gasteiger partial charge >= 0.3 is 6.03 Å². The number of hydrogen-bond acceptors (Lipinski definition) is 3. The molecule has 2 rings (SSSR count). The molecule has 6 nitrogen and oxygen atoms in total. The molecule has 2 fully saturated rings. The molecule has 1 atom stereocenters. The summed E-state index contributed by atoms with van der Waals surface area (Å²) in [5.41, 5.74) is 0. The molecule has 0 aromatic carbocycles. The van der Waals surface area contributed by atoms with Crippen LogP contribution in [0.4, 0.5) is 4.79 Å². The second-order valence-corrected chi connectivity index (χ2v) is 7.84. The Labute approximate surface area is 121 Å². The zero-order valence-corrected chi connectivity index (χ0v) is 12.9. The van der Waals surface area contributed by atoms with E-state index < -0.39 is 10.0 Å². The normalized spacial score (nSPS) is 24.9. The summed E-state index contributed by atoms with van der Waals surface area (Å²) in [5, 5.41) is 3.09. The molecule has 2 amide bonds. The van der Waals surface area contributed by atoms with Crippen molar-refractivity contribution in [3.05, 3.63) is 0 Å². The third-order valence-corrected chi connectivity index (χ3v) is 4.81. The first-order chi connectivity index (χ1) is 9.44. The lowest BCUT2D eigenvalue weighted by atomic mass is 9.99. The number of rotatable bonds is 4. The summed E-state index contributed by atoms with van der Waals surface area (Å²) >= 11 is 0. The first-order valence-corrected chi connectivity index (χ1v) is 9.33. The molecule has 0 spiro atoms. The minimum atomic E-state index is -3.15. The predicted molar refractivity (Wildman–Crippen MR) is 77.9 cm³/mol. The fraction of sp³-hybridized carbons (Fsp3) is 0.923. The van der Waals surface area contributed by atoms with E-state index in [4.69, 9.17) is 0 Å². The lowest BCUT2D eigenvalue weighted by Gasteiger charge is -2.33. The van der Waals surface area contributed by atoms with Gasteiger partial charge < -0.3 is 10.2 Å². The van der Waals surface area contributed by atoms with Gasteiger partial charge in [0.15, 0.2) is 0 Å². The van der Waals surface area contributed by atoms with Gasteiger partial charge in [-0.2, -0.15) is 0 Å². The quantitative estimate of drug-likeness (QED) is 0.810. The SMILES string of the molecule is CS(=O)(=O)NCC1CCCN(C(=O)NC2CCCC2)C1. The second kappa shape index (κ2) is 6.76. The van der Waals surface area contributed by atoms with Gasteiger partial charge in [0.2, 0.25) is 10.0 Å². The molecular formula is C13H25N3O3S. The monoisotopic (exact) mass is 303 g/mol. The van der Waals surface area contributed by atoms with Crippen molar-refractivity contribution in [2.45, 2.75) is 44.6 Å². The van der Waals surface area contributed by atoms with Crippen molar-refractivity contribution in [2.75, 3.05) is 25.9 Å². The summed E-state index contributed by atoms with van der Waals surface area (Å²) in [5.74, 6) is 0.216. The molecule has 7 heteroatoms. The van der Waals surface area contributed by atoms with Gasteiger partial charge in [0.1, 0.15) is 0 Å². The van der Waals surface area contributed by atoms with E-state index in [2.05, 4.69) is 10.0 Å². The summed E-state index contributed by atoms with van der Waals surface area (Å²) in [6, 6.07) is 0.345. The number of likely N-dealkylation sites (tertiary alicyclic amines) is 1. The van der Waals surface area contributed by atoms with E-state index >= 15 is 0 Å². The van der Waals surface area contributed by atoms with Crippen molar-refractivity contribution >= 4 is 16.1 Å². The van der Waals surface area contributed by atoms with E-state index in [0.29, 0.717) is 19.1 Å². The van der Waals surface area contributed by atoms with Gasteiger partial charge in [-0.1, -0.05) is 12.8 Å². The maximum absolute atomic E-state index is 12.2. The van der Waals surface area contributed by atoms with Crippen LogP contribution in [0.2, 0.25) is 0 Å². The molecule has 0 bridgehead atoms. The molecule has 1 unspecified atom stereocenters. The van der Waals surface area contributed by atoms with Crippen LogP contribution in [-0.4, -0.2) is 51.3 Å². The molecule has 116 valence electrons. The van der Waals surface area contributed by atoms with Gasteiger partial charge in [0, 0.05) is 25.7 Å². The van der Waals surface area contributed by atoms with E-state index in [1.165, 1.54) is 19.1 Å². The van der Waals surface area contributed by atoms with Crippen LogP contribution < -0.4 is 10.0 Å². The first kappa shape index (κ1) is 15.6. The molecule has 1 saturated carbocycles.